The maximum absolute atomic E-state index is 13.5. The van der Waals surface area contributed by atoms with Crippen molar-refractivity contribution in [3.63, 3.8) is 0 Å². The van der Waals surface area contributed by atoms with Gasteiger partial charge in [0, 0.05) is 23.0 Å². The average molecular weight is 431 g/mol. The van der Waals surface area contributed by atoms with Gasteiger partial charge in [-0.2, -0.15) is 0 Å². The summed E-state index contributed by atoms with van der Waals surface area (Å²) in [5.41, 5.74) is -0.315. The average Bonchev–Trinajstić information content (AvgIpc) is 3.18. The predicted molar refractivity (Wildman–Crippen MR) is 110 cm³/mol. The number of rotatable bonds is 6. The molecule has 0 spiro atoms. The zero-order valence-electron chi connectivity index (χ0n) is 15.8. The van der Waals surface area contributed by atoms with Crippen molar-refractivity contribution in [1.29, 1.82) is 0 Å². The molecule has 2 aromatic heterocycles. The Bertz CT molecular complexity index is 1160. The van der Waals surface area contributed by atoms with Crippen molar-refractivity contribution in [2.75, 3.05) is 5.32 Å². The van der Waals surface area contributed by atoms with Crippen LogP contribution < -0.4 is 16.2 Å². The second kappa shape index (κ2) is 8.78. The van der Waals surface area contributed by atoms with Crippen LogP contribution in [0.4, 0.5) is 14.9 Å². The van der Waals surface area contributed by atoms with Gasteiger partial charge in [0.1, 0.15) is 11.6 Å². The lowest BCUT2D eigenvalue weighted by atomic mass is 10.1. The number of halogens is 1. The number of aryl methyl sites for hydroxylation is 1. The number of carboxylic acids is 1. The van der Waals surface area contributed by atoms with Gasteiger partial charge < -0.3 is 25.4 Å². The summed E-state index contributed by atoms with van der Waals surface area (Å²) in [7, 11) is 1.46. The SMILES string of the molecule is Cn1ccc(O)c(NC(=O)NC(CC(=O)O)c2ccc(-c3cccc(F)c3)s2)c1=O. The van der Waals surface area contributed by atoms with Crippen molar-refractivity contribution in [1.82, 2.24) is 9.88 Å². The maximum Gasteiger partial charge on any atom is 0.320 e. The molecule has 8 nitrogen and oxygen atoms in total. The smallest absolute Gasteiger partial charge is 0.320 e. The lowest BCUT2D eigenvalue weighted by Crippen LogP contribution is -2.35. The summed E-state index contributed by atoms with van der Waals surface area (Å²) in [5.74, 6) is -1.95. The van der Waals surface area contributed by atoms with Crippen LogP contribution in [-0.2, 0) is 11.8 Å². The molecule has 0 aliphatic rings. The molecular formula is C20H18FN3O5S. The molecule has 0 aliphatic heterocycles. The van der Waals surface area contributed by atoms with E-state index in [0.717, 1.165) is 0 Å². The number of hydrogen-bond acceptors (Lipinski definition) is 5. The van der Waals surface area contributed by atoms with E-state index >= 15 is 0 Å². The number of urea groups is 1. The first-order chi connectivity index (χ1) is 14.2. The van der Waals surface area contributed by atoms with Crippen LogP contribution >= 0.6 is 11.3 Å². The van der Waals surface area contributed by atoms with Crippen LogP contribution in [0.1, 0.15) is 17.3 Å². The molecule has 3 rings (SSSR count). The van der Waals surface area contributed by atoms with Gasteiger partial charge in [0.2, 0.25) is 0 Å². The molecule has 2 heterocycles. The van der Waals surface area contributed by atoms with Crippen LogP contribution in [0.5, 0.6) is 5.75 Å². The normalized spacial score (nSPS) is 11.7. The minimum Gasteiger partial charge on any atom is -0.505 e. The van der Waals surface area contributed by atoms with Gasteiger partial charge in [-0.1, -0.05) is 12.1 Å². The lowest BCUT2D eigenvalue weighted by molar-refractivity contribution is -0.137. The van der Waals surface area contributed by atoms with Gasteiger partial charge in [-0.05, 0) is 35.9 Å². The zero-order valence-corrected chi connectivity index (χ0v) is 16.6. The Morgan fingerprint density at radius 3 is 2.70 bits per heavy atom. The summed E-state index contributed by atoms with van der Waals surface area (Å²) in [4.78, 5) is 37.0. The Morgan fingerprint density at radius 2 is 2.00 bits per heavy atom. The highest BCUT2D eigenvalue weighted by Gasteiger charge is 2.22. The third-order valence-corrected chi connectivity index (χ3v) is 5.50. The summed E-state index contributed by atoms with van der Waals surface area (Å²) >= 11 is 1.21. The predicted octanol–water partition coefficient (Wildman–Crippen LogP) is 3.30. The molecule has 10 heteroatoms. The lowest BCUT2D eigenvalue weighted by Gasteiger charge is -2.16. The maximum atomic E-state index is 13.5. The molecule has 3 aromatic rings. The number of hydrogen-bond donors (Lipinski definition) is 4. The molecule has 0 saturated carbocycles. The summed E-state index contributed by atoms with van der Waals surface area (Å²) in [5, 5.41) is 23.8. The number of amides is 2. The second-order valence-corrected chi connectivity index (χ2v) is 7.57. The molecule has 0 saturated heterocycles. The molecule has 0 radical (unpaired) electrons. The van der Waals surface area contributed by atoms with Gasteiger partial charge in [-0.25, -0.2) is 9.18 Å². The minimum atomic E-state index is -1.14. The number of thiophene rings is 1. The number of pyridine rings is 1. The number of aromatic hydroxyl groups is 1. The molecule has 1 aromatic carbocycles. The Labute approximate surface area is 174 Å². The molecule has 1 atom stereocenters. The van der Waals surface area contributed by atoms with Crippen LogP contribution in [0.25, 0.3) is 10.4 Å². The number of nitrogens with one attached hydrogen (secondary N) is 2. The molecule has 2 amide bonds. The van der Waals surface area contributed by atoms with E-state index in [0.29, 0.717) is 15.3 Å². The number of carbonyl (C=O) groups is 2. The van der Waals surface area contributed by atoms with Gasteiger partial charge >= 0.3 is 12.0 Å². The van der Waals surface area contributed by atoms with Crippen LogP contribution in [0.3, 0.4) is 0 Å². The third-order valence-electron chi connectivity index (χ3n) is 4.25. The standard InChI is InChI=1S/C20H18FN3O5S/c1-24-8-7-14(25)18(19(24)28)23-20(29)22-13(10-17(26)27)16-6-5-15(30-16)11-3-2-4-12(21)9-11/h2-9,13,25H,10H2,1H3,(H,26,27)(H2,22,23,29). The van der Waals surface area contributed by atoms with Crippen molar-refractivity contribution in [3.8, 4) is 16.2 Å². The number of benzene rings is 1. The molecule has 1 unspecified atom stereocenters. The fraction of sp³-hybridized carbons (Fsp3) is 0.150. The van der Waals surface area contributed by atoms with Gasteiger partial charge in [-0.3, -0.25) is 9.59 Å². The van der Waals surface area contributed by atoms with E-state index in [9.17, 15) is 29.0 Å². The van der Waals surface area contributed by atoms with E-state index in [1.54, 1.807) is 24.3 Å². The topological polar surface area (TPSA) is 121 Å². The van der Waals surface area contributed by atoms with Gasteiger partial charge in [0.25, 0.3) is 5.56 Å². The Hall–Kier alpha value is -3.66. The van der Waals surface area contributed by atoms with E-state index in [1.165, 1.54) is 47.3 Å². The van der Waals surface area contributed by atoms with Crippen molar-refractivity contribution < 1.29 is 24.2 Å². The molecular weight excluding hydrogens is 413 g/mol. The van der Waals surface area contributed by atoms with Crippen molar-refractivity contribution in [2.45, 2.75) is 12.5 Å². The van der Waals surface area contributed by atoms with Gasteiger partial charge in [0.15, 0.2) is 5.69 Å². The number of aromatic nitrogens is 1. The first-order valence-electron chi connectivity index (χ1n) is 8.78. The van der Waals surface area contributed by atoms with E-state index in [-0.39, 0.29) is 5.69 Å². The van der Waals surface area contributed by atoms with Crippen LogP contribution in [0.2, 0.25) is 0 Å². The minimum absolute atomic E-state index is 0.321. The van der Waals surface area contributed by atoms with Crippen LogP contribution in [0.15, 0.2) is 53.5 Å². The van der Waals surface area contributed by atoms with Crippen LogP contribution in [-0.4, -0.2) is 26.8 Å². The molecule has 0 bridgehead atoms. The number of nitrogens with zero attached hydrogens (tertiary/aromatic N) is 1. The van der Waals surface area contributed by atoms with Gasteiger partial charge in [0.05, 0.1) is 12.5 Å². The van der Waals surface area contributed by atoms with Crippen molar-refractivity contribution in [3.05, 3.63) is 69.7 Å². The largest absolute Gasteiger partial charge is 0.505 e. The summed E-state index contributed by atoms with van der Waals surface area (Å²) in [6, 6.07) is 8.83. The summed E-state index contributed by atoms with van der Waals surface area (Å²) in [6.45, 7) is 0. The molecule has 4 N–H and O–H groups in total. The Kier molecular flexibility index (Phi) is 6.17. The fourth-order valence-electron chi connectivity index (χ4n) is 2.78. The quantitative estimate of drug-likeness (QED) is 0.477. The highest BCUT2D eigenvalue weighted by Crippen LogP contribution is 2.33. The Balaban J connectivity index is 1.82. The summed E-state index contributed by atoms with van der Waals surface area (Å²) in [6.07, 6.45) is 0.933. The molecule has 156 valence electrons. The molecule has 0 aliphatic carbocycles. The van der Waals surface area contributed by atoms with E-state index in [1.807, 2.05) is 0 Å². The second-order valence-electron chi connectivity index (χ2n) is 6.45. The third kappa shape index (κ3) is 4.84. The van der Waals surface area contributed by atoms with E-state index < -0.39 is 41.6 Å². The van der Waals surface area contributed by atoms with Gasteiger partial charge in [-0.15, -0.1) is 11.3 Å². The molecule has 30 heavy (non-hydrogen) atoms. The highest BCUT2D eigenvalue weighted by atomic mass is 32.1. The van der Waals surface area contributed by atoms with E-state index in [2.05, 4.69) is 10.6 Å². The van der Waals surface area contributed by atoms with Crippen molar-refractivity contribution >= 4 is 29.0 Å². The number of anilines is 1. The first-order valence-corrected chi connectivity index (χ1v) is 9.60. The summed E-state index contributed by atoms with van der Waals surface area (Å²) < 4.78 is 14.7. The van der Waals surface area contributed by atoms with E-state index in [4.69, 9.17) is 0 Å². The Morgan fingerprint density at radius 1 is 1.23 bits per heavy atom. The monoisotopic (exact) mass is 431 g/mol. The first kappa shape index (κ1) is 21.1. The highest BCUT2D eigenvalue weighted by molar-refractivity contribution is 7.15. The number of carbonyl (C=O) groups excluding carboxylic acids is 1. The van der Waals surface area contributed by atoms with Crippen molar-refractivity contribution in [2.24, 2.45) is 7.05 Å². The molecule has 0 fully saturated rings. The van der Waals surface area contributed by atoms with Crippen LogP contribution in [0, 0.1) is 5.82 Å². The number of carboxylic acid groups (broad SMARTS) is 1. The zero-order chi connectivity index (χ0) is 21.8. The number of aliphatic carboxylic acids is 1. The fourth-order valence-corrected chi connectivity index (χ4v) is 3.83.